The van der Waals surface area contributed by atoms with Crippen molar-refractivity contribution in [2.24, 2.45) is 0 Å². The Labute approximate surface area is 216 Å². The molecule has 2 N–H and O–H groups in total. The van der Waals surface area contributed by atoms with Crippen LogP contribution >= 0.6 is 0 Å². The number of benzene rings is 3. The minimum atomic E-state index is -0.574. The van der Waals surface area contributed by atoms with Gasteiger partial charge in [0.25, 0.3) is 0 Å². The van der Waals surface area contributed by atoms with Crippen molar-refractivity contribution < 1.29 is 13.9 Å². The third-order valence-electron chi connectivity index (χ3n) is 6.13. The molecule has 0 bridgehead atoms. The van der Waals surface area contributed by atoms with Crippen molar-refractivity contribution in [3.05, 3.63) is 114 Å². The number of nitrogens with zero attached hydrogens (tertiary/aromatic N) is 5. The van der Waals surface area contributed by atoms with Gasteiger partial charge in [0, 0.05) is 10.9 Å². The van der Waals surface area contributed by atoms with Crippen molar-refractivity contribution in [3.63, 3.8) is 0 Å². The Balaban J connectivity index is 1.36. The summed E-state index contributed by atoms with van der Waals surface area (Å²) in [5.74, 6) is -0.296. The number of esters is 1. The molecule has 6 rings (SSSR count). The Morgan fingerprint density at radius 1 is 0.895 bits per heavy atom. The van der Waals surface area contributed by atoms with E-state index in [-0.39, 0.29) is 19.0 Å². The molecule has 186 valence electrons. The Hall–Kier alpha value is -5.18. The summed E-state index contributed by atoms with van der Waals surface area (Å²) in [6, 6.07) is 24.8. The normalized spacial score (nSPS) is 11.2. The van der Waals surface area contributed by atoms with Crippen molar-refractivity contribution in [2.45, 2.75) is 13.2 Å². The molecule has 8 nitrogen and oxygen atoms in total. The van der Waals surface area contributed by atoms with E-state index in [0.29, 0.717) is 39.4 Å². The standard InChI is InChI=1S/C29H21FN6O2/c30-20-10-6-7-18(13-20)16-36-28-23(15-32-36)22(14-25(34-28)19-8-2-1-3-9-19)29(37)38-17-26-33-24-12-5-4-11-21(24)27(31)35-26/h1-15H,16-17H2,(H2,31,33,35). The maximum absolute atomic E-state index is 13.8. The summed E-state index contributed by atoms with van der Waals surface area (Å²) >= 11 is 0. The van der Waals surface area contributed by atoms with Crippen LogP contribution in [0.25, 0.3) is 33.2 Å². The number of nitrogen functional groups attached to an aromatic ring is 1. The van der Waals surface area contributed by atoms with E-state index < -0.39 is 5.97 Å². The van der Waals surface area contributed by atoms with Crippen LogP contribution in [0, 0.1) is 5.82 Å². The lowest BCUT2D eigenvalue weighted by Crippen LogP contribution is -2.10. The number of halogens is 1. The molecule has 0 aliphatic rings. The molecule has 3 aromatic carbocycles. The number of para-hydroxylation sites is 1. The summed E-state index contributed by atoms with van der Waals surface area (Å²) in [6.07, 6.45) is 1.57. The number of hydrogen-bond acceptors (Lipinski definition) is 7. The number of hydrogen-bond donors (Lipinski definition) is 1. The number of anilines is 1. The van der Waals surface area contributed by atoms with E-state index in [1.165, 1.54) is 12.1 Å². The Kier molecular flexibility index (Phi) is 5.93. The monoisotopic (exact) mass is 504 g/mol. The fourth-order valence-corrected chi connectivity index (χ4v) is 4.32. The predicted molar refractivity (Wildman–Crippen MR) is 142 cm³/mol. The van der Waals surface area contributed by atoms with Crippen molar-refractivity contribution in [1.29, 1.82) is 0 Å². The number of carbonyl (C=O) groups excluding carboxylic acids is 1. The van der Waals surface area contributed by atoms with Crippen LogP contribution in [-0.4, -0.2) is 30.7 Å². The summed E-state index contributed by atoms with van der Waals surface area (Å²) in [6.45, 7) is 0.126. The third-order valence-corrected chi connectivity index (χ3v) is 6.13. The zero-order valence-electron chi connectivity index (χ0n) is 20.1. The first kappa shape index (κ1) is 23.2. The fourth-order valence-electron chi connectivity index (χ4n) is 4.32. The van der Waals surface area contributed by atoms with Crippen molar-refractivity contribution in [2.75, 3.05) is 5.73 Å². The van der Waals surface area contributed by atoms with Gasteiger partial charge in [-0.25, -0.2) is 28.8 Å². The van der Waals surface area contributed by atoms with Crippen molar-refractivity contribution >= 4 is 33.7 Å². The molecule has 3 heterocycles. The summed E-state index contributed by atoms with van der Waals surface area (Å²) in [4.78, 5) is 26.9. The first-order valence-corrected chi connectivity index (χ1v) is 11.9. The smallest absolute Gasteiger partial charge is 0.339 e. The Morgan fingerprint density at radius 2 is 1.71 bits per heavy atom. The van der Waals surface area contributed by atoms with Crippen LogP contribution in [-0.2, 0) is 17.9 Å². The quantitative estimate of drug-likeness (QED) is 0.312. The number of pyridine rings is 1. The largest absolute Gasteiger partial charge is 0.454 e. The molecule has 0 amide bonds. The Bertz CT molecular complexity index is 1800. The van der Waals surface area contributed by atoms with Gasteiger partial charge in [-0.15, -0.1) is 0 Å². The maximum atomic E-state index is 13.8. The molecule has 0 saturated heterocycles. The highest BCUT2D eigenvalue weighted by Crippen LogP contribution is 2.26. The zero-order valence-corrected chi connectivity index (χ0v) is 20.1. The fraction of sp³-hybridized carbons (Fsp3) is 0.0690. The summed E-state index contributed by atoms with van der Waals surface area (Å²) < 4.78 is 21.0. The van der Waals surface area contributed by atoms with Crippen molar-refractivity contribution in [3.8, 4) is 11.3 Å². The van der Waals surface area contributed by atoms with Gasteiger partial charge in [0.1, 0.15) is 11.6 Å². The highest BCUT2D eigenvalue weighted by atomic mass is 19.1. The molecule has 0 saturated carbocycles. The van der Waals surface area contributed by atoms with E-state index in [2.05, 4.69) is 15.1 Å². The van der Waals surface area contributed by atoms with E-state index in [9.17, 15) is 9.18 Å². The second-order valence-corrected chi connectivity index (χ2v) is 8.71. The lowest BCUT2D eigenvalue weighted by Gasteiger charge is -2.10. The maximum Gasteiger partial charge on any atom is 0.339 e. The number of rotatable bonds is 6. The lowest BCUT2D eigenvalue weighted by atomic mass is 10.1. The van der Waals surface area contributed by atoms with Crippen LogP contribution in [0.15, 0.2) is 91.1 Å². The highest BCUT2D eigenvalue weighted by Gasteiger charge is 2.20. The van der Waals surface area contributed by atoms with Gasteiger partial charge in [0.2, 0.25) is 0 Å². The van der Waals surface area contributed by atoms with Gasteiger partial charge in [-0.1, -0.05) is 54.6 Å². The summed E-state index contributed by atoms with van der Waals surface area (Å²) in [7, 11) is 0. The molecule has 0 spiro atoms. The third kappa shape index (κ3) is 4.53. The number of carbonyl (C=O) groups is 1. The van der Waals surface area contributed by atoms with Gasteiger partial charge in [-0.3, -0.25) is 0 Å². The molecule has 0 radical (unpaired) electrons. The van der Waals surface area contributed by atoms with Gasteiger partial charge < -0.3 is 10.5 Å². The average Bonchev–Trinajstić information content (AvgIpc) is 3.34. The molecule has 0 unspecified atom stereocenters. The molecule has 9 heteroatoms. The summed E-state index contributed by atoms with van der Waals surface area (Å²) in [5.41, 5.74) is 9.65. The van der Waals surface area contributed by atoms with Crippen LogP contribution in [0.1, 0.15) is 21.7 Å². The molecule has 0 aliphatic carbocycles. The topological polar surface area (TPSA) is 109 Å². The number of fused-ring (bicyclic) bond motifs is 2. The highest BCUT2D eigenvalue weighted by molar-refractivity contribution is 6.03. The zero-order chi connectivity index (χ0) is 26.1. The molecule has 3 aromatic heterocycles. The van der Waals surface area contributed by atoms with E-state index in [1.807, 2.05) is 60.7 Å². The van der Waals surface area contributed by atoms with Gasteiger partial charge >= 0.3 is 5.97 Å². The molecule has 6 aromatic rings. The van der Waals surface area contributed by atoms with E-state index in [1.54, 1.807) is 23.0 Å². The number of ether oxygens (including phenoxy) is 1. The van der Waals surface area contributed by atoms with E-state index in [4.69, 9.17) is 15.5 Å². The van der Waals surface area contributed by atoms with E-state index >= 15 is 0 Å². The molecular weight excluding hydrogens is 483 g/mol. The molecular formula is C29H21FN6O2. The lowest BCUT2D eigenvalue weighted by molar-refractivity contribution is 0.0465. The van der Waals surface area contributed by atoms with Crippen LogP contribution in [0.3, 0.4) is 0 Å². The minimum Gasteiger partial charge on any atom is -0.454 e. The number of aromatic nitrogens is 5. The molecule has 0 atom stereocenters. The van der Waals surface area contributed by atoms with Gasteiger partial charge in [-0.2, -0.15) is 5.10 Å². The molecule has 0 aliphatic heterocycles. The van der Waals surface area contributed by atoms with Crippen LogP contribution in [0.2, 0.25) is 0 Å². The second kappa shape index (κ2) is 9.70. The number of nitrogens with two attached hydrogens (primary N) is 1. The van der Waals surface area contributed by atoms with Crippen LogP contribution < -0.4 is 5.73 Å². The second-order valence-electron chi connectivity index (χ2n) is 8.71. The first-order chi connectivity index (χ1) is 18.5. The van der Waals surface area contributed by atoms with Crippen LogP contribution in [0.5, 0.6) is 0 Å². The molecule has 0 fully saturated rings. The summed E-state index contributed by atoms with van der Waals surface area (Å²) in [5, 5.41) is 5.70. The predicted octanol–water partition coefficient (Wildman–Crippen LogP) is 5.17. The first-order valence-electron chi connectivity index (χ1n) is 11.9. The van der Waals surface area contributed by atoms with E-state index in [0.717, 1.165) is 16.5 Å². The minimum absolute atomic E-state index is 0.157. The van der Waals surface area contributed by atoms with Gasteiger partial charge in [-0.05, 0) is 35.9 Å². The van der Waals surface area contributed by atoms with Gasteiger partial charge in [0.05, 0.1) is 34.9 Å². The average molecular weight is 505 g/mol. The van der Waals surface area contributed by atoms with Gasteiger partial charge in [0.15, 0.2) is 18.1 Å². The van der Waals surface area contributed by atoms with Crippen LogP contribution in [0.4, 0.5) is 10.2 Å². The van der Waals surface area contributed by atoms with Crippen molar-refractivity contribution in [1.82, 2.24) is 24.7 Å². The molecule has 38 heavy (non-hydrogen) atoms. The SMILES string of the molecule is Nc1nc(COC(=O)c2cc(-c3ccccc3)nc3c2cnn3Cc2cccc(F)c2)nc2ccccc12. The Morgan fingerprint density at radius 3 is 2.55 bits per heavy atom.